The molecule has 2 aromatic carbocycles. The van der Waals surface area contributed by atoms with Crippen LogP contribution in [-0.4, -0.2) is 33.7 Å². The van der Waals surface area contributed by atoms with Gasteiger partial charge in [0, 0.05) is 22.3 Å². The van der Waals surface area contributed by atoms with Crippen LogP contribution in [0.2, 0.25) is 0 Å². The number of fused-ring (bicyclic) bond motifs is 1. The van der Waals surface area contributed by atoms with Gasteiger partial charge < -0.3 is 9.32 Å². The van der Waals surface area contributed by atoms with Gasteiger partial charge in [-0.3, -0.25) is 4.79 Å². The lowest BCUT2D eigenvalue weighted by molar-refractivity contribution is -0.116. The first kappa shape index (κ1) is 19.1. The summed E-state index contributed by atoms with van der Waals surface area (Å²) in [6.07, 6.45) is 0.966. The largest absolute Gasteiger partial charge is 0.411 e. The van der Waals surface area contributed by atoms with E-state index in [1.807, 2.05) is 66.1 Å². The number of nitrogens with zero attached hydrogens (tertiary/aromatic N) is 3. The van der Waals surface area contributed by atoms with E-state index in [0.29, 0.717) is 16.4 Å². The summed E-state index contributed by atoms with van der Waals surface area (Å²) in [6, 6.07) is 16.0. The molecule has 28 heavy (non-hydrogen) atoms. The van der Waals surface area contributed by atoms with Crippen molar-refractivity contribution in [3.63, 3.8) is 0 Å². The lowest BCUT2D eigenvalue weighted by atomic mass is 10.1. The lowest BCUT2D eigenvalue weighted by Gasteiger charge is -2.22. The molecule has 0 spiro atoms. The highest BCUT2D eigenvalue weighted by atomic mass is 32.2. The predicted octanol–water partition coefficient (Wildman–Crippen LogP) is 5.05. The summed E-state index contributed by atoms with van der Waals surface area (Å²) >= 11 is 3.11. The topological polar surface area (TPSA) is 59.2 Å². The van der Waals surface area contributed by atoms with E-state index in [1.165, 1.54) is 11.8 Å². The van der Waals surface area contributed by atoms with Crippen LogP contribution in [0, 0.1) is 6.92 Å². The minimum absolute atomic E-state index is 0.0578. The molecule has 4 rings (SSSR count). The quantitative estimate of drug-likeness (QED) is 0.560. The van der Waals surface area contributed by atoms with Gasteiger partial charge in [-0.05, 0) is 37.6 Å². The van der Waals surface area contributed by atoms with E-state index < -0.39 is 0 Å². The molecule has 144 valence electrons. The van der Waals surface area contributed by atoms with E-state index in [-0.39, 0.29) is 11.7 Å². The molecule has 1 aliphatic heterocycles. The maximum Gasteiger partial charge on any atom is 0.277 e. The fraction of sp³-hybridized carbons (Fsp3) is 0.286. The average molecular weight is 412 g/mol. The minimum Gasteiger partial charge on any atom is -0.411 e. The lowest BCUT2D eigenvalue weighted by Crippen LogP contribution is -2.33. The number of carbonyl (C=O) groups excluding carboxylic acids is 1. The fourth-order valence-corrected chi connectivity index (χ4v) is 4.86. The highest BCUT2D eigenvalue weighted by molar-refractivity contribution is 8.00. The van der Waals surface area contributed by atoms with Crippen LogP contribution in [0.4, 0.5) is 5.69 Å². The third-order valence-electron chi connectivity index (χ3n) is 4.54. The number of benzene rings is 2. The number of para-hydroxylation sites is 1. The fourth-order valence-electron chi connectivity index (χ4n) is 3.11. The molecule has 0 radical (unpaired) electrons. The van der Waals surface area contributed by atoms with Gasteiger partial charge in [-0.2, -0.15) is 0 Å². The van der Waals surface area contributed by atoms with Crippen molar-refractivity contribution in [2.24, 2.45) is 0 Å². The van der Waals surface area contributed by atoms with Crippen LogP contribution in [0.3, 0.4) is 0 Å². The van der Waals surface area contributed by atoms with E-state index in [1.54, 1.807) is 0 Å². The number of rotatable bonds is 4. The maximum absolute atomic E-state index is 12.9. The highest BCUT2D eigenvalue weighted by Crippen LogP contribution is 2.37. The Morgan fingerprint density at radius 2 is 2.11 bits per heavy atom. The zero-order valence-corrected chi connectivity index (χ0v) is 17.4. The molecule has 1 aromatic heterocycles. The summed E-state index contributed by atoms with van der Waals surface area (Å²) in [5.41, 5.74) is 3.01. The number of anilines is 1. The molecule has 0 saturated carbocycles. The Morgan fingerprint density at radius 1 is 1.25 bits per heavy atom. The van der Waals surface area contributed by atoms with Crippen LogP contribution in [0.25, 0.3) is 11.5 Å². The third kappa shape index (κ3) is 4.25. The standard InChI is InChI=1S/C21H21N3O2S2/c1-14-6-5-7-16(12-14)20-22-23-21(26-20)27-13-19(25)24-11-10-15(2)28-18-9-4-3-8-17(18)24/h3-9,12,15H,10-11,13H2,1-2H3/t15-/m0/s1. The molecule has 2 heterocycles. The van der Waals surface area contributed by atoms with E-state index in [0.717, 1.165) is 34.7 Å². The van der Waals surface area contributed by atoms with E-state index in [9.17, 15) is 4.79 Å². The van der Waals surface area contributed by atoms with Crippen molar-refractivity contribution in [1.82, 2.24) is 10.2 Å². The highest BCUT2D eigenvalue weighted by Gasteiger charge is 2.24. The molecule has 0 aliphatic carbocycles. The summed E-state index contributed by atoms with van der Waals surface area (Å²) in [6.45, 7) is 4.95. The molecule has 0 unspecified atom stereocenters. The Kier molecular flexibility index (Phi) is 5.73. The number of thioether (sulfide) groups is 2. The minimum atomic E-state index is 0.0578. The van der Waals surface area contributed by atoms with Gasteiger partial charge in [-0.1, -0.05) is 48.5 Å². The van der Waals surface area contributed by atoms with Crippen LogP contribution in [0.1, 0.15) is 18.9 Å². The van der Waals surface area contributed by atoms with Crippen molar-refractivity contribution >= 4 is 35.1 Å². The Balaban J connectivity index is 1.45. The molecule has 1 atom stereocenters. The van der Waals surface area contributed by atoms with Crippen LogP contribution >= 0.6 is 23.5 Å². The molecule has 3 aromatic rings. The molecule has 1 aliphatic rings. The Hall–Kier alpha value is -2.25. The summed E-state index contributed by atoms with van der Waals surface area (Å²) in [4.78, 5) is 16.0. The molecule has 1 amide bonds. The number of amides is 1. The average Bonchev–Trinajstić information content (AvgIpc) is 3.10. The van der Waals surface area contributed by atoms with Gasteiger partial charge in [-0.25, -0.2) is 0 Å². The second kappa shape index (κ2) is 8.41. The summed E-state index contributed by atoms with van der Waals surface area (Å²) in [5, 5.41) is 9.10. The van der Waals surface area contributed by atoms with Gasteiger partial charge in [0.1, 0.15) is 0 Å². The normalized spacial score (nSPS) is 16.5. The van der Waals surface area contributed by atoms with E-state index in [2.05, 4.69) is 23.2 Å². The van der Waals surface area contributed by atoms with Gasteiger partial charge >= 0.3 is 0 Å². The van der Waals surface area contributed by atoms with Gasteiger partial charge in [0.05, 0.1) is 11.4 Å². The van der Waals surface area contributed by atoms with Crippen LogP contribution in [0.15, 0.2) is 63.1 Å². The van der Waals surface area contributed by atoms with E-state index in [4.69, 9.17) is 4.42 Å². The van der Waals surface area contributed by atoms with Crippen molar-refractivity contribution in [3.05, 3.63) is 54.1 Å². The molecular formula is C21H21N3O2S2. The second-order valence-electron chi connectivity index (χ2n) is 6.76. The molecule has 5 nitrogen and oxygen atoms in total. The van der Waals surface area contributed by atoms with Gasteiger partial charge in [-0.15, -0.1) is 22.0 Å². The molecule has 0 N–H and O–H groups in total. The number of hydrogen-bond donors (Lipinski definition) is 0. The smallest absolute Gasteiger partial charge is 0.277 e. The molecule has 0 bridgehead atoms. The molecule has 7 heteroatoms. The summed E-state index contributed by atoms with van der Waals surface area (Å²) in [5.74, 6) is 0.800. The number of aryl methyl sites for hydroxylation is 1. The van der Waals surface area contributed by atoms with Crippen LogP contribution < -0.4 is 4.90 Å². The molecule has 0 saturated heterocycles. The number of aromatic nitrogens is 2. The van der Waals surface area contributed by atoms with Crippen molar-refractivity contribution < 1.29 is 9.21 Å². The summed E-state index contributed by atoms with van der Waals surface area (Å²) < 4.78 is 5.74. The molecule has 0 fully saturated rings. The SMILES string of the molecule is Cc1cccc(-c2nnc(SCC(=O)N3CC[C@H](C)Sc4ccccc43)o2)c1. The summed E-state index contributed by atoms with van der Waals surface area (Å²) in [7, 11) is 0. The van der Waals surface area contributed by atoms with Gasteiger partial charge in [0.25, 0.3) is 5.22 Å². The van der Waals surface area contributed by atoms with Crippen molar-refractivity contribution in [2.45, 2.75) is 35.6 Å². The Labute approximate surface area is 172 Å². The first-order valence-electron chi connectivity index (χ1n) is 9.19. The Morgan fingerprint density at radius 3 is 2.96 bits per heavy atom. The second-order valence-corrected chi connectivity index (χ2v) is 9.17. The van der Waals surface area contributed by atoms with Gasteiger partial charge in [0.15, 0.2) is 0 Å². The van der Waals surface area contributed by atoms with Crippen LogP contribution in [-0.2, 0) is 4.79 Å². The first-order chi connectivity index (χ1) is 13.6. The van der Waals surface area contributed by atoms with Crippen LogP contribution in [0.5, 0.6) is 0 Å². The Bertz CT molecular complexity index is 989. The monoisotopic (exact) mass is 411 g/mol. The van der Waals surface area contributed by atoms with Crippen molar-refractivity contribution in [1.29, 1.82) is 0 Å². The number of hydrogen-bond acceptors (Lipinski definition) is 6. The predicted molar refractivity (Wildman–Crippen MR) is 114 cm³/mol. The zero-order chi connectivity index (χ0) is 19.5. The third-order valence-corrected chi connectivity index (χ3v) is 6.58. The molecular weight excluding hydrogens is 390 g/mol. The van der Waals surface area contributed by atoms with Crippen molar-refractivity contribution in [3.8, 4) is 11.5 Å². The first-order valence-corrected chi connectivity index (χ1v) is 11.1. The number of carbonyl (C=O) groups is 1. The van der Waals surface area contributed by atoms with Crippen molar-refractivity contribution in [2.75, 3.05) is 17.2 Å². The van der Waals surface area contributed by atoms with E-state index >= 15 is 0 Å². The maximum atomic E-state index is 12.9. The zero-order valence-electron chi connectivity index (χ0n) is 15.8. The van der Waals surface area contributed by atoms with Gasteiger partial charge in [0.2, 0.25) is 11.8 Å².